The molecule has 1 heterocycles. The maximum Gasteiger partial charge on any atom is 0.230 e. The minimum Gasteiger partial charge on any atom is -0.357 e. The quantitative estimate of drug-likeness (QED) is 0.563. The zero-order chi connectivity index (χ0) is 15.8. The second-order valence-corrected chi connectivity index (χ2v) is 6.81. The van der Waals surface area contributed by atoms with E-state index in [1.54, 1.807) is 12.1 Å². The van der Waals surface area contributed by atoms with Crippen LogP contribution in [0.4, 0.5) is 5.13 Å². The topological polar surface area (TPSA) is 66.9 Å². The lowest BCUT2D eigenvalue weighted by atomic mass is 10.2. The van der Waals surface area contributed by atoms with E-state index in [0.29, 0.717) is 23.9 Å². The van der Waals surface area contributed by atoms with Gasteiger partial charge in [0, 0.05) is 18.1 Å². The van der Waals surface area contributed by atoms with Crippen LogP contribution in [0.3, 0.4) is 0 Å². The lowest BCUT2D eigenvalue weighted by molar-refractivity contribution is -0.118. The molecule has 116 valence electrons. The third-order valence-electron chi connectivity index (χ3n) is 2.56. The van der Waals surface area contributed by atoms with Gasteiger partial charge < -0.3 is 10.6 Å². The molecule has 0 bridgehead atoms. The van der Waals surface area contributed by atoms with Crippen molar-refractivity contribution in [3.63, 3.8) is 0 Å². The number of aromatic nitrogens is 2. The Morgan fingerprint density at radius 3 is 3.00 bits per heavy atom. The van der Waals surface area contributed by atoms with Crippen molar-refractivity contribution >= 4 is 45.7 Å². The SMILES string of the molecule is C=CCNc1nnc(SCC(=O)NCc2ccccc2Cl)s1. The highest BCUT2D eigenvalue weighted by molar-refractivity contribution is 8.01. The van der Waals surface area contributed by atoms with Crippen molar-refractivity contribution in [1.82, 2.24) is 15.5 Å². The first-order valence-electron chi connectivity index (χ1n) is 6.50. The van der Waals surface area contributed by atoms with Crippen LogP contribution in [-0.2, 0) is 11.3 Å². The minimum absolute atomic E-state index is 0.0688. The molecule has 1 amide bonds. The van der Waals surface area contributed by atoms with Gasteiger partial charge in [-0.1, -0.05) is 59.0 Å². The first-order chi connectivity index (χ1) is 10.7. The summed E-state index contributed by atoms with van der Waals surface area (Å²) in [6.07, 6.45) is 1.75. The summed E-state index contributed by atoms with van der Waals surface area (Å²) in [6.45, 7) is 4.67. The third kappa shape index (κ3) is 5.32. The van der Waals surface area contributed by atoms with E-state index in [1.165, 1.54) is 23.1 Å². The van der Waals surface area contributed by atoms with E-state index in [1.807, 2.05) is 18.2 Å². The van der Waals surface area contributed by atoms with Crippen molar-refractivity contribution in [2.45, 2.75) is 10.9 Å². The largest absolute Gasteiger partial charge is 0.357 e. The molecule has 0 atom stereocenters. The average molecular weight is 355 g/mol. The highest BCUT2D eigenvalue weighted by Crippen LogP contribution is 2.25. The molecule has 0 saturated heterocycles. The molecule has 0 fully saturated rings. The first kappa shape index (κ1) is 16.8. The number of carbonyl (C=O) groups is 1. The molecule has 1 aromatic heterocycles. The van der Waals surface area contributed by atoms with Crippen LogP contribution in [-0.4, -0.2) is 28.4 Å². The molecular formula is C14H15ClN4OS2. The predicted octanol–water partition coefficient (Wildman–Crippen LogP) is 3.20. The number of anilines is 1. The maximum atomic E-state index is 11.8. The van der Waals surface area contributed by atoms with E-state index >= 15 is 0 Å². The van der Waals surface area contributed by atoms with Crippen molar-refractivity contribution < 1.29 is 4.79 Å². The Bertz CT molecular complexity index is 647. The molecule has 1 aromatic carbocycles. The lowest BCUT2D eigenvalue weighted by Crippen LogP contribution is -2.24. The normalized spacial score (nSPS) is 10.2. The minimum atomic E-state index is -0.0688. The highest BCUT2D eigenvalue weighted by Gasteiger charge is 2.08. The Morgan fingerprint density at radius 2 is 2.23 bits per heavy atom. The Labute approximate surface area is 142 Å². The van der Waals surface area contributed by atoms with Gasteiger partial charge in [0.15, 0.2) is 4.34 Å². The van der Waals surface area contributed by atoms with Crippen LogP contribution in [0, 0.1) is 0 Å². The second-order valence-electron chi connectivity index (χ2n) is 4.20. The Morgan fingerprint density at radius 1 is 1.41 bits per heavy atom. The van der Waals surface area contributed by atoms with Crippen molar-refractivity contribution in [3.8, 4) is 0 Å². The third-order valence-corrected chi connectivity index (χ3v) is 4.95. The van der Waals surface area contributed by atoms with Crippen LogP contribution in [0.5, 0.6) is 0 Å². The van der Waals surface area contributed by atoms with Crippen molar-refractivity contribution in [2.75, 3.05) is 17.6 Å². The summed E-state index contributed by atoms with van der Waals surface area (Å²) >= 11 is 8.81. The fourth-order valence-corrected chi connectivity index (χ4v) is 3.30. The summed E-state index contributed by atoms with van der Waals surface area (Å²) in [6, 6.07) is 7.44. The molecule has 0 aliphatic heterocycles. The number of nitrogens with one attached hydrogen (secondary N) is 2. The number of amides is 1. The van der Waals surface area contributed by atoms with E-state index in [2.05, 4.69) is 27.4 Å². The second kappa shape index (κ2) is 8.77. The molecule has 2 aromatic rings. The molecule has 0 unspecified atom stereocenters. The van der Waals surface area contributed by atoms with Crippen LogP contribution in [0.1, 0.15) is 5.56 Å². The molecule has 0 spiro atoms. The molecule has 0 radical (unpaired) electrons. The summed E-state index contributed by atoms with van der Waals surface area (Å²) in [5.41, 5.74) is 0.898. The predicted molar refractivity (Wildman–Crippen MR) is 92.6 cm³/mol. The number of hydrogen-bond acceptors (Lipinski definition) is 6. The number of rotatable bonds is 8. The van der Waals surface area contributed by atoms with Crippen molar-refractivity contribution in [2.24, 2.45) is 0 Å². The van der Waals surface area contributed by atoms with E-state index in [4.69, 9.17) is 11.6 Å². The number of thioether (sulfide) groups is 1. The van der Waals surface area contributed by atoms with Crippen molar-refractivity contribution in [3.05, 3.63) is 47.5 Å². The number of halogens is 1. The van der Waals surface area contributed by atoms with Crippen molar-refractivity contribution in [1.29, 1.82) is 0 Å². The molecule has 0 aliphatic carbocycles. The monoisotopic (exact) mass is 354 g/mol. The van der Waals surface area contributed by atoms with Gasteiger partial charge in [0.1, 0.15) is 0 Å². The molecule has 0 saturated carbocycles. The van der Waals surface area contributed by atoms with Gasteiger partial charge in [-0.15, -0.1) is 16.8 Å². The van der Waals surface area contributed by atoms with Crippen LogP contribution < -0.4 is 10.6 Å². The Hall–Kier alpha value is -1.57. The molecule has 8 heteroatoms. The first-order valence-corrected chi connectivity index (χ1v) is 8.68. The zero-order valence-electron chi connectivity index (χ0n) is 11.7. The molecule has 22 heavy (non-hydrogen) atoms. The van der Waals surface area contributed by atoms with E-state index in [-0.39, 0.29) is 5.91 Å². The molecule has 0 aliphatic rings. The van der Waals surface area contributed by atoms with E-state index in [0.717, 1.165) is 15.0 Å². The number of hydrogen-bond donors (Lipinski definition) is 2. The van der Waals surface area contributed by atoms with Crippen LogP contribution in [0.2, 0.25) is 5.02 Å². The lowest BCUT2D eigenvalue weighted by Gasteiger charge is -2.05. The fraction of sp³-hybridized carbons (Fsp3) is 0.214. The van der Waals surface area contributed by atoms with E-state index < -0.39 is 0 Å². The molecule has 2 rings (SSSR count). The van der Waals surface area contributed by atoms with Gasteiger partial charge in [-0.2, -0.15) is 0 Å². The molecule has 5 nitrogen and oxygen atoms in total. The summed E-state index contributed by atoms with van der Waals surface area (Å²) in [5.74, 6) is 0.223. The summed E-state index contributed by atoms with van der Waals surface area (Å²) < 4.78 is 0.749. The summed E-state index contributed by atoms with van der Waals surface area (Å²) in [4.78, 5) is 11.8. The average Bonchev–Trinajstić information content (AvgIpc) is 2.98. The number of carbonyl (C=O) groups excluding carboxylic acids is 1. The van der Waals surface area contributed by atoms with E-state index in [9.17, 15) is 4.79 Å². The molecule has 2 N–H and O–H groups in total. The number of benzene rings is 1. The Kier molecular flexibility index (Phi) is 6.70. The van der Waals surface area contributed by atoms with Crippen LogP contribution in [0.25, 0.3) is 0 Å². The van der Waals surface area contributed by atoms with Gasteiger partial charge >= 0.3 is 0 Å². The summed E-state index contributed by atoms with van der Waals surface area (Å²) in [5, 5.41) is 15.2. The van der Waals surface area contributed by atoms with Crippen LogP contribution >= 0.6 is 34.7 Å². The maximum absolute atomic E-state index is 11.8. The van der Waals surface area contributed by atoms with Gasteiger partial charge in [0.05, 0.1) is 5.75 Å². The van der Waals surface area contributed by atoms with Gasteiger partial charge in [0.2, 0.25) is 11.0 Å². The number of nitrogens with zero attached hydrogens (tertiary/aromatic N) is 2. The summed E-state index contributed by atoms with van der Waals surface area (Å²) in [7, 11) is 0. The standard InChI is InChI=1S/C14H15ClN4OS2/c1-2-7-16-13-18-19-14(22-13)21-9-12(20)17-8-10-5-3-4-6-11(10)15/h2-6H,1,7-9H2,(H,16,18)(H,17,20). The van der Waals surface area contributed by atoms with Gasteiger partial charge in [-0.05, 0) is 11.6 Å². The smallest absolute Gasteiger partial charge is 0.230 e. The zero-order valence-corrected chi connectivity index (χ0v) is 14.1. The fourth-order valence-electron chi connectivity index (χ4n) is 1.51. The van der Waals surface area contributed by atoms with Crippen LogP contribution in [0.15, 0.2) is 41.3 Å². The Balaban J connectivity index is 1.74. The highest BCUT2D eigenvalue weighted by atomic mass is 35.5. The molecular weight excluding hydrogens is 340 g/mol. The van der Waals surface area contributed by atoms with Gasteiger partial charge in [0.25, 0.3) is 0 Å². The van der Waals surface area contributed by atoms with Gasteiger partial charge in [-0.25, -0.2) is 0 Å². The van der Waals surface area contributed by atoms with Gasteiger partial charge in [-0.3, -0.25) is 4.79 Å².